The van der Waals surface area contributed by atoms with E-state index in [1.807, 2.05) is 55.8 Å². The smallest absolute Gasteiger partial charge is 0.324 e. The number of amides is 2. The number of benzene rings is 1. The Morgan fingerprint density at radius 1 is 1.17 bits per heavy atom. The number of urea groups is 1. The van der Waals surface area contributed by atoms with E-state index in [0.717, 1.165) is 5.69 Å². The minimum Gasteiger partial charge on any atom is -0.359 e. The lowest BCUT2D eigenvalue weighted by molar-refractivity contribution is 0.262. The number of hydrogen-bond donors (Lipinski definition) is 2. The number of carbonyl (C=O) groups is 1. The molecular formula is C17H19N5O2. The average molecular weight is 325 g/mol. The number of imidazole rings is 1. The third-order valence-corrected chi connectivity index (χ3v) is 3.42. The largest absolute Gasteiger partial charge is 0.359 e. The number of anilines is 2. The van der Waals surface area contributed by atoms with Crippen molar-refractivity contribution in [2.24, 2.45) is 0 Å². The fraction of sp³-hybridized carbons (Fsp3) is 0.235. The van der Waals surface area contributed by atoms with E-state index in [9.17, 15) is 4.79 Å². The van der Waals surface area contributed by atoms with Gasteiger partial charge in [-0.1, -0.05) is 25.9 Å². The minimum atomic E-state index is -0.376. The van der Waals surface area contributed by atoms with E-state index >= 15 is 0 Å². The van der Waals surface area contributed by atoms with Gasteiger partial charge in [-0.2, -0.15) is 0 Å². The summed E-state index contributed by atoms with van der Waals surface area (Å²) in [7, 11) is 0. The Morgan fingerprint density at radius 3 is 2.50 bits per heavy atom. The predicted molar refractivity (Wildman–Crippen MR) is 91.4 cm³/mol. The molecule has 1 aromatic carbocycles. The van der Waals surface area contributed by atoms with E-state index in [4.69, 9.17) is 4.52 Å². The Hall–Kier alpha value is -3.09. The molecule has 2 N–H and O–H groups in total. The maximum atomic E-state index is 12.0. The van der Waals surface area contributed by atoms with E-state index in [0.29, 0.717) is 17.3 Å². The van der Waals surface area contributed by atoms with Gasteiger partial charge in [-0.15, -0.1) is 0 Å². The van der Waals surface area contributed by atoms with Crippen LogP contribution in [0.5, 0.6) is 0 Å². The lowest BCUT2D eigenvalue weighted by atomic mass is 9.93. The van der Waals surface area contributed by atoms with E-state index in [2.05, 4.69) is 20.8 Å². The summed E-state index contributed by atoms with van der Waals surface area (Å²) in [4.78, 5) is 16.0. The molecule has 0 aliphatic rings. The van der Waals surface area contributed by atoms with Gasteiger partial charge in [0, 0.05) is 35.2 Å². The van der Waals surface area contributed by atoms with Crippen molar-refractivity contribution in [3.05, 3.63) is 54.8 Å². The summed E-state index contributed by atoms with van der Waals surface area (Å²) in [6, 6.07) is 8.77. The zero-order chi connectivity index (χ0) is 17.2. The molecule has 0 saturated heterocycles. The standard InChI is InChI=1S/C17H19N5O2/c1-17(2,3)14-10-15(21-24-14)20-16(23)19-12-4-6-13(7-5-12)22-9-8-18-11-22/h4-11H,1-3H3,(H2,19,20,21,23). The second kappa shape index (κ2) is 6.19. The summed E-state index contributed by atoms with van der Waals surface area (Å²) in [6.45, 7) is 6.04. The monoisotopic (exact) mass is 325 g/mol. The fourth-order valence-electron chi connectivity index (χ4n) is 2.09. The predicted octanol–water partition coefficient (Wildman–Crippen LogP) is 3.80. The van der Waals surface area contributed by atoms with Gasteiger partial charge < -0.3 is 14.4 Å². The average Bonchev–Trinajstić information content (AvgIpc) is 3.18. The first-order valence-electron chi connectivity index (χ1n) is 7.55. The van der Waals surface area contributed by atoms with Crippen LogP contribution in [-0.4, -0.2) is 20.7 Å². The van der Waals surface area contributed by atoms with Crippen molar-refractivity contribution in [3.63, 3.8) is 0 Å². The summed E-state index contributed by atoms with van der Waals surface area (Å²) in [6.07, 6.45) is 5.28. The Labute approximate surface area is 139 Å². The normalized spacial score (nSPS) is 11.3. The molecule has 0 aliphatic heterocycles. The Bertz CT molecular complexity index is 814. The summed E-state index contributed by atoms with van der Waals surface area (Å²) in [5.74, 6) is 1.09. The van der Waals surface area contributed by atoms with Crippen molar-refractivity contribution >= 4 is 17.5 Å². The van der Waals surface area contributed by atoms with Gasteiger partial charge in [-0.3, -0.25) is 5.32 Å². The van der Waals surface area contributed by atoms with E-state index in [1.165, 1.54) is 0 Å². The first kappa shape index (κ1) is 15.8. The van der Waals surface area contributed by atoms with Gasteiger partial charge in [0.1, 0.15) is 5.76 Å². The van der Waals surface area contributed by atoms with Gasteiger partial charge in [-0.25, -0.2) is 9.78 Å². The molecule has 7 heteroatoms. The van der Waals surface area contributed by atoms with Crippen LogP contribution >= 0.6 is 0 Å². The van der Waals surface area contributed by atoms with Crippen LogP contribution in [-0.2, 0) is 5.41 Å². The number of rotatable bonds is 3. The van der Waals surface area contributed by atoms with E-state index in [1.54, 1.807) is 18.6 Å². The molecule has 2 aromatic heterocycles. The number of nitrogens with one attached hydrogen (secondary N) is 2. The third-order valence-electron chi connectivity index (χ3n) is 3.42. The molecule has 3 aromatic rings. The molecule has 7 nitrogen and oxygen atoms in total. The Balaban J connectivity index is 1.61. The first-order valence-corrected chi connectivity index (χ1v) is 7.55. The maximum absolute atomic E-state index is 12.0. The molecule has 3 rings (SSSR count). The molecule has 0 spiro atoms. The molecule has 0 saturated carbocycles. The zero-order valence-corrected chi connectivity index (χ0v) is 13.8. The van der Waals surface area contributed by atoms with Crippen LogP contribution in [0.2, 0.25) is 0 Å². The van der Waals surface area contributed by atoms with E-state index < -0.39 is 0 Å². The SMILES string of the molecule is CC(C)(C)c1cc(NC(=O)Nc2ccc(-n3ccnc3)cc2)no1. The number of aromatic nitrogens is 3. The molecule has 0 aliphatic carbocycles. The summed E-state index contributed by atoms with van der Waals surface area (Å²) in [5, 5.41) is 9.26. The van der Waals surface area contributed by atoms with Gasteiger partial charge in [-0.05, 0) is 24.3 Å². The van der Waals surface area contributed by atoms with Crippen molar-refractivity contribution in [1.29, 1.82) is 0 Å². The van der Waals surface area contributed by atoms with Gasteiger partial charge in [0.25, 0.3) is 0 Å². The van der Waals surface area contributed by atoms with Crippen LogP contribution in [0.15, 0.2) is 53.6 Å². The minimum absolute atomic E-state index is 0.160. The second-order valence-electron chi connectivity index (χ2n) is 6.42. The lowest BCUT2D eigenvalue weighted by Gasteiger charge is -2.12. The van der Waals surface area contributed by atoms with Crippen molar-refractivity contribution < 1.29 is 9.32 Å². The summed E-state index contributed by atoms with van der Waals surface area (Å²) >= 11 is 0. The van der Waals surface area contributed by atoms with Crippen molar-refractivity contribution in [1.82, 2.24) is 14.7 Å². The third kappa shape index (κ3) is 3.62. The highest BCUT2D eigenvalue weighted by molar-refractivity contribution is 5.99. The molecule has 124 valence electrons. The summed E-state index contributed by atoms with van der Waals surface area (Å²) in [5.41, 5.74) is 1.48. The highest BCUT2D eigenvalue weighted by Gasteiger charge is 2.20. The molecule has 0 radical (unpaired) electrons. The number of nitrogens with zero attached hydrogens (tertiary/aromatic N) is 3. The van der Waals surface area contributed by atoms with Crippen LogP contribution < -0.4 is 10.6 Å². The first-order chi connectivity index (χ1) is 11.4. The van der Waals surface area contributed by atoms with Crippen LogP contribution in [0.1, 0.15) is 26.5 Å². The molecule has 2 heterocycles. The second-order valence-corrected chi connectivity index (χ2v) is 6.42. The molecular weight excluding hydrogens is 306 g/mol. The van der Waals surface area contributed by atoms with Gasteiger partial charge >= 0.3 is 6.03 Å². The van der Waals surface area contributed by atoms with Crippen molar-refractivity contribution in [3.8, 4) is 5.69 Å². The van der Waals surface area contributed by atoms with Gasteiger partial charge in [0.15, 0.2) is 5.82 Å². The van der Waals surface area contributed by atoms with Gasteiger partial charge in [0.2, 0.25) is 0 Å². The molecule has 2 amide bonds. The van der Waals surface area contributed by atoms with Crippen molar-refractivity contribution in [2.75, 3.05) is 10.6 Å². The number of carbonyl (C=O) groups excluding carboxylic acids is 1. The van der Waals surface area contributed by atoms with Crippen LogP contribution in [0.25, 0.3) is 5.69 Å². The zero-order valence-electron chi connectivity index (χ0n) is 13.8. The fourth-order valence-corrected chi connectivity index (χ4v) is 2.09. The van der Waals surface area contributed by atoms with Crippen LogP contribution in [0, 0.1) is 0 Å². The lowest BCUT2D eigenvalue weighted by Crippen LogP contribution is -2.19. The van der Waals surface area contributed by atoms with Crippen LogP contribution in [0.3, 0.4) is 0 Å². The summed E-state index contributed by atoms with van der Waals surface area (Å²) < 4.78 is 7.12. The molecule has 0 bridgehead atoms. The van der Waals surface area contributed by atoms with Crippen molar-refractivity contribution in [2.45, 2.75) is 26.2 Å². The number of hydrogen-bond acceptors (Lipinski definition) is 4. The highest BCUT2D eigenvalue weighted by atomic mass is 16.5. The van der Waals surface area contributed by atoms with Gasteiger partial charge in [0.05, 0.1) is 6.33 Å². The molecule has 0 unspecified atom stereocenters. The molecule has 24 heavy (non-hydrogen) atoms. The topological polar surface area (TPSA) is 85.0 Å². The highest BCUT2D eigenvalue weighted by Crippen LogP contribution is 2.24. The Morgan fingerprint density at radius 2 is 1.92 bits per heavy atom. The quantitative estimate of drug-likeness (QED) is 0.767. The Kier molecular flexibility index (Phi) is 4.07. The maximum Gasteiger partial charge on any atom is 0.324 e. The molecule has 0 fully saturated rings. The molecule has 0 atom stereocenters. The van der Waals surface area contributed by atoms with E-state index in [-0.39, 0.29) is 11.4 Å². The van der Waals surface area contributed by atoms with Crippen LogP contribution in [0.4, 0.5) is 16.3 Å².